The molecule has 28 heavy (non-hydrogen) atoms. The van der Waals surface area contributed by atoms with Crippen molar-refractivity contribution in [2.24, 2.45) is 0 Å². The third-order valence-electron chi connectivity index (χ3n) is 5.15. The van der Waals surface area contributed by atoms with Crippen molar-refractivity contribution in [3.05, 3.63) is 115 Å². The van der Waals surface area contributed by atoms with E-state index in [0.29, 0.717) is 0 Å². The van der Waals surface area contributed by atoms with Gasteiger partial charge in [-0.1, -0.05) is 0 Å². The Hall–Kier alpha value is -2.05. The molecule has 0 atom stereocenters. The first-order valence-corrected chi connectivity index (χ1v) is 13.7. The van der Waals surface area contributed by atoms with E-state index in [9.17, 15) is 0 Å². The van der Waals surface area contributed by atoms with Crippen LogP contribution in [0.2, 0.25) is 0 Å². The second-order valence-electron chi connectivity index (χ2n) is 6.98. The summed E-state index contributed by atoms with van der Waals surface area (Å²) in [6, 6.07) is 40.2. The molecule has 0 nitrogen and oxygen atoms in total. The zero-order chi connectivity index (χ0) is 19.5. The Bertz CT molecular complexity index is 1020. The van der Waals surface area contributed by atoms with E-state index in [1.807, 2.05) is 18.2 Å². The van der Waals surface area contributed by atoms with Crippen molar-refractivity contribution in [3.63, 3.8) is 0 Å². The van der Waals surface area contributed by atoms with E-state index < -0.39 is 5.96 Å². The number of rotatable bonds is 5. The molecule has 0 aliphatic rings. The van der Waals surface area contributed by atoms with Gasteiger partial charge in [-0.3, -0.25) is 0 Å². The van der Waals surface area contributed by atoms with Gasteiger partial charge in [-0.25, -0.2) is 0 Å². The molecular weight excluding hydrogens is 399 g/mol. The third kappa shape index (κ3) is 3.40. The molecule has 0 amide bonds. The molecule has 0 radical (unpaired) electrons. The van der Waals surface area contributed by atoms with Crippen molar-refractivity contribution < 1.29 is 0 Å². The van der Waals surface area contributed by atoms with Crippen LogP contribution in [0, 0.1) is 0 Å². The molecule has 0 saturated heterocycles. The van der Waals surface area contributed by atoms with Crippen molar-refractivity contribution in [1.29, 1.82) is 0 Å². The maximum absolute atomic E-state index is 7.86. The molecule has 0 fully saturated rings. The van der Waals surface area contributed by atoms with E-state index in [-0.39, 0.29) is 0 Å². The predicted molar refractivity (Wildman–Crippen MR) is 127 cm³/mol. The number of halogens is 1. The molecule has 0 N–H and O–H groups in total. The summed E-state index contributed by atoms with van der Waals surface area (Å²) in [5.41, 5.74) is 0. The van der Waals surface area contributed by atoms with Gasteiger partial charge < -0.3 is 0 Å². The second-order valence-corrected chi connectivity index (χ2v) is 15.0. The first-order valence-electron chi connectivity index (χ1n) is 9.25. The number of benzene rings is 4. The minimum atomic E-state index is -3.13. The SMILES string of the molecule is CP(Cl)(c1ccccc1)(c1ccccc1)c1ccccc1Sc1ccccc1. The Labute approximate surface area is 176 Å². The fourth-order valence-corrected chi connectivity index (χ4v) is 10.2. The first kappa shape index (κ1) is 19.3. The minimum absolute atomic E-state index is 1.18. The fourth-order valence-electron chi connectivity index (χ4n) is 3.59. The van der Waals surface area contributed by atoms with E-state index >= 15 is 0 Å². The third-order valence-corrected chi connectivity index (χ3v) is 12.7. The number of hydrogen-bond donors (Lipinski definition) is 0. The summed E-state index contributed by atoms with van der Waals surface area (Å²) >= 11 is 9.64. The summed E-state index contributed by atoms with van der Waals surface area (Å²) in [6.07, 6.45) is 0. The monoisotopic (exact) mass is 420 g/mol. The molecule has 4 aromatic rings. The van der Waals surface area contributed by atoms with Crippen LogP contribution in [0.3, 0.4) is 0 Å². The maximum atomic E-state index is 7.86. The van der Waals surface area contributed by atoms with Crippen molar-refractivity contribution in [1.82, 2.24) is 0 Å². The molecule has 4 aromatic carbocycles. The van der Waals surface area contributed by atoms with Crippen molar-refractivity contribution in [3.8, 4) is 0 Å². The molecule has 0 bridgehead atoms. The van der Waals surface area contributed by atoms with Crippen molar-refractivity contribution in [2.45, 2.75) is 9.79 Å². The Morgan fingerprint density at radius 2 is 1.00 bits per heavy atom. The Morgan fingerprint density at radius 3 is 1.54 bits per heavy atom. The van der Waals surface area contributed by atoms with Gasteiger partial charge in [0.25, 0.3) is 0 Å². The Kier molecular flexibility index (Phi) is 5.34. The standard InChI is InChI=1S/C25H22ClPS/c1-27(26,21-13-5-2-6-14-21,22-15-7-3-8-16-22)24-19-11-12-20-25(24)28-23-17-9-4-10-18-23/h2-20H,1H3. The normalized spacial score (nSPS) is 12.9. The van der Waals surface area contributed by atoms with E-state index in [2.05, 4.69) is 104 Å². The summed E-state index contributed by atoms with van der Waals surface area (Å²) < 4.78 is 0. The predicted octanol–water partition coefficient (Wildman–Crippen LogP) is 6.45. The van der Waals surface area contributed by atoms with Crippen LogP contribution < -0.4 is 15.9 Å². The molecular formula is C25H22ClPS. The van der Waals surface area contributed by atoms with E-state index in [0.717, 1.165) is 0 Å². The fraction of sp³-hybridized carbons (Fsp3) is 0.0400. The Morgan fingerprint density at radius 1 is 0.571 bits per heavy atom. The zero-order valence-electron chi connectivity index (χ0n) is 15.7. The van der Waals surface area contributed by atoms with E-state index in [1.165, 1.54) is 25.7 Å². The second kappa shape index (κ2) is 7.76. The van der Waals surface area contributed by atoms with Gasteiger partial charge in [0.2, 0.25) is 0 Å². The molecule has 0 saturated carbocycles. The summed E-state index contributed by atoms with van der Waals surface area (Å²) in [6.45, 7) is 2.25. The number of hydrogen-bond acceptors (Lipinski definition) is 1. The zero-order valence-corrected chi connectivity index (χ0v) is 18.2. The van der Waals surface area contributed by atoms with E-state index in [4.69, 9.17) is 11.2 Å². The molecule has 0 aliphatic carbocycles. The van der Waals surface area contributed by atoms with Crippen LogP contribution in [-0.4, -0.2) is 6.66 Å². The van der Waals surface area contributed by atoms with E-state index in [1.54, 1.807) is 11.8 Å². The summed E-state index contributed by atoms with van der Waals surface area (Å²) in [5.74, 6) is -3.13. The van der Waals surface area contributed by atoms with Gasteiger partial charge in [-0.2, -0.15) is 0 Å². The molecule has 0 spiro atoms. The van der Waals surface area contributed by atoms with Gasteiger partial charge in [0.15, 0.2) is 0 Å². The van der Waals surface area contributed by atoms with Crippen LogP contribution in [0.4, 0.5) is 0 Å². The topological polar surface area (TPSA) is 0 Å². The van der Waals surface area contributed by atoms with Crippen LogP contribution >= 0.6 is 29.0 Å². The molecule has 0 unspecified atom stereocenters. The molecule has 0 aromatic heterocycles. The van der Waals surface area contributed by atoms with Crippen LogP contribution in [0.1, 0.15) is 0 Å². The van der Waals surface area contributed by atoms with Crippen LogP contribution in [-0.2, 0) is 0 Å². The van der Waals surface area contributed by atoms with Gasteiger partial charge in [-0.05, 0) is 0 Å². The quantitative estimate of drug-likeness (QED) is 0.334. The summed E-state index contributed by atoms with van der Waals surface area (Å²) in [4.78, 5) is 2.42. The van der Waals surface area contributed by atoms with Gasteiger partial charge in [0.05, 0.1) is 0 Å². The Balaban J connectivity index is 1.98. The van der Waals surface area contributed by atoms with Gasteiger partial charge in [-0.15, -0.1) is 0 Å². The summed E-state index contributed by atoms with van der Waals surface area (Å²) in [5, 5.41) is 3.58. The average Bonchev–Trinajstić information content (AvgIpc) is 2.76. The average molecular weight is 421 g/mol. The molecule has 3 heteroatoms. The molecule has 0 aliphatic heterocycles. The van der Waals surface area contributed by atoms with Crippen molar-refractivity contribution in [2.75, 3.05) is 6.66 Å². The van der Waals surface area contributed by atoms with Gasteiger partial charge >= 0.3 is 177 Å². The van der Waals surface area contributed by atoms with Crippen LogP contribution in [0.25, 0.3) is 0 Å². The van der Waals surface area contributed by atoms with Crippen molar-refractivity contribution >= 4 is 44.9 Å². The summed E-state index contributed by atoms with van der Waals surface area (Å²) in [7, 11) is 0. The molecule has 0 heterocycles. The van der Waals surface area contributed by atoms with Gasteiger partial charge in [0.1, 0.15) is 0 Å². The molecule has 140 valence electrons. The van der Waals surface area contributed by atoms with Crippen LogP contribution in [0.5, 0.6) is 0 Å². The molecule has 4 rings (SSSR count). The van der Waals surface area contributed by atoms with Crippen LogP contribution in [0.15, 0.2) is 125 Å². The van der Waals surface area contributed by atoms with Gasteiger partial charge in [0, 0.05) is 0 Å². The first-order chi connectivity index (χ1) is 13.6.